The van der Waals surface area contributed by atoms with Crippen molar-refractivity contribution in [3.63, 3.8) is 0 Å². The molecule has 0 aliphatic carbocycles. The zero-order chi connectivity index (χ0) is 25.1. The van der Waals surface area contributed by atoms with E-state index in [1.54, 1.807) is 24.3 Å². The Morgan fingerprint density at radius 2 is 1.64 bits per heavy atom. The number of benzene rings is 2. The highest BCUT2D eigenvalue weighted by Gasteiger charge is 2.43. The van der Waals surface area contributed by atoms with Crippen molar-refractivity contribution in [3.8, 4) is 6.07 Å². The minimum absolute atomic E-state index is 0.0798. The van der Waals surface area contributed by atoms with E-state index in [4.69, 9.17) is 5.26 Å². The standard InChI is InChI=1S/C30H36N4O2/c1-2-28(35)34-20-26(27(21-34)24-6-4-3-5-7-24)19-32-15-12-30(13-16-32)14-17-33(22-30)29(36)25-10-8-23(18-31)9-11-25/h3-11,26-27H,2,12-17,19-22H2,1H3/t26-,27+/m0/s1. The largest absolute Gasteiger partial charge is 0.342 e. The van der Waals surface area contributed by atoms with Gasteiger partial charge in [-0.2, -0.15) is 5.26 Å². The molecule has 3 aliphatic rings. The van der Waals surface area contributed by atoms with Crippen molar-refractivity contribution >= 4 is 11.8 Å². The van der Waals surface area contributed by atoms with E-state index in [1.807, 2.05) is 11.8 Å². The molecular weight excluding hydrogens is 448 g/mol. The smallest absolute Gasteiger partial charge is 0.253 e. The van der Waals surface area contributed by atoms with Gasteiger partial charge in [0.15, 0.2) is 0 Å². The summed E-state index contributed by atoms with van der Waals surface area (Å²) >= 11 is 0. The highest BCUT2D eigenvalue weighted by Crippen LogP contribution is 2.42. The summed E-state index contributed by atoms with van der Waals surface area (Å²) in [7, 11) is 0. The molecule has 2 aromatic rings. The summed E-state index contributed by atoms with van der Waals surface area (Å²) in [4.78, 5) is 32.2. The number of carbonyl (C=O) groups excluding carboxylic acids is 2. The molecule has 0 unspecified atom stereocenters. The topological polar surface area (TPSA) is 67.7 Å². The number of piperidine rings is 1. The van der Waals surface area contributed by atoms with E-state index in [2.05, 4.69) is 46.2 Å². The fraction of sp³-hybridized carbons (Fsp3) is 0.500. The van der Waals surface area contributed by atoms with Gasteiger partial charge in [0.2, 0.25) is 5.91 Å². The summed E-state index contributed by atoms with van der Waals surface area (Å²) < 4.78 is 0. The number of hydrogen-bond acceptors (Lipinski definition) is 4. The molecule has 0 radical (unpaired) electrons. The number of nitriles is 1. The first kappa shape index (κ1) is 24.5. The highest BCUT2D eigenvalue weighted by atomic mass is 16.2. The van der Waals surface area contributed by atoms with E-state index in [9.17, 15) is 9.59 Å². The third-order valence-electron chi connectivity index (χ3n) is 8.72. The van der Waals surface area contributed by atoms with Gasteiger partial charge >= 0.3 is 0 Å². The van der Waals surface area contributed by atoms with Crippen LogP contribution in [0.3, 0.4) is 0 Å². The lowest BCUT2D eigenvalue weighted by molar-refractivity contribution is -0.130. The van der Waals surface area contributed by atoms with Gasteiger partial charge in [-0.25, -0.2) is 0 Å². The molecule has 5 rings (SSSR count). The van der Waals surface area contributed by atoms with Crippen molar-refractivity contribution in [1.29, 1.82) is 5.26 Å². The first-order valence-corrected chi connectivity index (χ1v) is 13.3. The van der Waals surface area contributed by atoms with Crippen LogP contribution in [-0.4, -0.2) is 72.3 Å². The van der Waals surface area contributed by atoms with Gasteiger partial charge in [0.25, 0.3) is 5.91 Å². The summed E-state index contributed by atoms with van der Waals surface area (Å²) in [6, 6.07) is 19.8. The molecular formula is C30H36N4O2. The van der Waals surface area contributed by atoms with Gasteiger partial charge in [-0.05, 0) is 73.5 Å². The normalized spacial score (nSPS) is 23.7. The van der Waals surface area contributed by atoms with Crippen molar-refractivity contribution < 1.29 is 9.59 Å². The molecule has 2 atom stereocenters. The molecule has 3 saturated heterocycles. The molecule has 3 heterocycles. The van der Waals surface area contributed by atoms with Gasteiger partial charge in [0.05, 0.1) is 11.6 Å². The molecule has 0 bridgehead atoms. The number of amides is 2. The Kier molecular flexibility index (Phi) is 7.11. The second-order valence-corrected chi connectivity index (χ2v) is 10.9. The lowest BCUT2D eigenvalue weighted by Crippen LogP contribution is -2.44. The van der Waals surface area contributed by atoms with Crippen LogP contribution in [0.2, 0.25) is 0 Å². The Bertz CT molecular complexity index is 1120. The van der Waals surface area contributed by atoms with E-state index >= 15 is 0 Å². The Hall–Kier alpha value is -3.17. The lowest BCUT2D eigenvalue weighted by Gasteiger charge is -2.40. The molecule has 188 valence electrons. The number of hydrogen-bond donors (Lipinski definition) is 0. The number of carbonyl (C=O) groups is 2. The molecule has 1 spiro atoms. The zero-order valence-electron chi connectivity index (χ0n) is 21.2. The lowest BCUT2D eigenvalue weighted by atomic mass is 9.77. The first-order chi connectivity index (χ1) is 17.5. The van der Waals surface area contributed by atoms with Crippen LogP contribution in [-0.2, 0) is 4.79 Å². The average molecular weight is 485 g/mol. The van der Waals surface area contributed by atoms with E-state index in [-0.39, 0.29) is 17.2 Å². The van der Waals surface area contributed by atoms with Gasteiger partial charge in [-0.1, -0.05) is 37.3 Å². The molecule has 2 aromatic carbocycles. The Labute approximate surface area is 214 Å². The third-order valence-corrected chi connectivity index (χ3v) is 8.72. The number of likely N-dealkylation sites (tertiary alicyclic amines) is 3. The minimum Gasteiger partial charge on any atom is -0.342 e. The second kappa shape index (κ2) is 10.4. The second-order valence-electron chi connectivity index (χ2n) is 10.9. The van der Waals surface area contributed by atoms with Crippen molar-refractivity contribution in [2.75, 3.05) is 45.8 Å². The Morgan fingerprint density at radius 1 is 0.944 bits per heavy atom. The van der Waals surface area contributed by atoms with Crippen LogP contribution in [0.1, 0.15) is 60.0 Å². The SMILES string of the molecule is CCC(=O)N1C[C@H](CN2CCC3(CC2)CCN(C(=O)c2ccc(C#N)cc2)C3)[C@@H](c2ccccc2)C1. The van der Waals surface area contributed by atoms with Gasteiger partial charge in [0, 0.05) is 50.6 Å². The maximum atomic E-state index is 13.0. The van der Waals surface area contributed by atoms with Crippen molar-refractivity contribution in [2.24, 2.45) is 11.3 Å². The fourth-order valence-electron chi connectivity index (χ4n) is 6.49. The van der Waals surface area contributed by atoms with Gasteiger partial charge in [0.1, 0.15) is 0 Å². The van der Waals surface area contributed by atoms with E-state index < -0.39 is 0 Å². The first-order valence-electron chi connectivity index (χ1n) is 13.3. The summed E-state index contributed by atoms with van der Waals surface area (Å²) in [5, 5.41) is 9.01. The van der Waals surface area contributed by atoms with Crippen molar-refractivity contribution in [3.05, 3.63) is 71.3 Å². The molecule has 3 aliphatic heterocycles. The van der Waals surface area contributed by atoms with Crippen LogP contribution < -0.4 is 0 Å². The van der Waals surface area contributed by atoms with Crippen molar-refractivity contribution in [1.82, 2.24) is 14.7 Å². The zero-order valence-corrected chi connectivity index (χ0v) is 21.2. The van der Waals surface area contributed by atoms with Crippen molar-refractivity contribution in [2.45, 2.75) is 38.5 Å². The van der Waals surface area contributed by atoms with Crippen LogP contribution in [0.5, 0.6) is 0 Å². The van der Waals surface area contributed by atoms with Gasteiger partial charge in [-0.3, -0.25) is 9.59 Å². The maximum absolute atomic E-state index is 13.0. The highest BCUT2D eigenvalue weighted by molar-refractivity contribution is 5.94. The molecule has 6 nitrogen and oxygen atoms in total. The van der Waals surface area contributed by atoms with E-state index in [1.165, 1.54) is 5.56 Å². The van der Waals surface area contributed by atoms with E-state index in [0.717, 1.165) is 65.1 Å². The maximum Gasteiger partial charge on any atom is 0.253 e. The van der Waals surface area contributed by atoms with Crippen LogP contribution in [0, 0.1) is 22.7 Å². The predicted molar refractivity (Wildman–Crippen MR) is 139 cm³/mol. The quantitative estimate of drug-likeness (QED) is 0.640. The minimum atomic E-state index is 0.0798. The van der Waals surface area contributed by atoms with Crippen LogP contribution in [0.15, 0.2) is 54.6 Å². The third kappa shape index (κ3) is 5.03. The van der Waals surface area contributed by atoms with Crippen LogP contribution in [0.25, 0.3) is 0 Å². The molecule has 2 amide bonds. The number of rotatable bonds is 5. The number of nitrogens with zero attached hydrogens (tertiary/aromatic N) is 4. The average Bonchev–Trinajstić information content (AvgIpc) is 3.54. The molecule has 6 heteroatoms. The summed E-state index contributed by atoms with van der Waals surface area (Å²) in [5.74, 6) is 1.18. The predicted octanol–water partition coefficient (Wildman–Crippen LogP) is 4.14. The molecule has 0 aromatic heterocycles. The Balaban J connectivity index is 1.18. The monoisotopic (exact) mass is 484 g/mol. The van der Waals surface area contributed by atoms with E-state index in [0.29, 0.717) is 29.4 Å². The fourth-order valence-corrected chi connectivity index (χ4v) is 6.49. The molecule has 0 N–H and O–H groups in total. The molecule has 0 saturated carbocycles. The summed E-state index contributed by atoms with van der Waals surface area (Å²) in [5.41, 5.74) is 2.81. The van der Waals surface area contributed by atoms with Gasteiger partial charge in [-0.15, -0.1) is 0 Å². The molecule has 36 heavy (non-hydrogen) atoms. The summed E-state index contributed by atoms with van der Waals surface area (Å²) in [6.07, 6.45) is 3.87. The van der Waals surface area contributed by atoms with Crippen LogP contribution in [0.4, 0.5) is 0 Å². The van der Waals surface area contributed by atoms with Crippen LogP contribution >= 0.6 is 0 Å². The summed E-state index contributed by atoms with van der Waals surface area (Å²) in [6.45, 7) is 8.40. The van der Waals surface area contributed by atoms with Gasteiger partial charge < -0.3 is 14.7 Å². The molecule has 3 fully saturated rings. The Morgan fingerprint density at radius 3 is 2.31 bits per heavy atom.